The molecule has 0 aromatic carbocycles. The van der Waals surface area contributed by atoms with E-state index in [2.05, 4.69) is 6.92 Å². The summed E-state index contributed by atoms with van der Waals surface area (Å²) in [4.78, 5) is 13.7. The van der Waals surface area contributed by atoms with Crippen molar-refractivity contribution in [2.24, 2.45) is 0 Å². The second kappa shape index (κ2) is 6.57. The first kappa shape index (κ1) is 16.2. The average molecular weight is 273 g/mol. The van der Waals surface area contributed by atoms with Gasteiger partial charge in [-0.25, -0.2) is 4.79 Å². The fourth-order valence-electron chi connectivity index (χ4n) is 2.09. The molecule has 1 saturated heterocycles. The van der Waals surface area contributed by atoms with E-state index in [4.69, 9.17) is 14.2 Å². The Bertz CT molecular complexity index is 300. The lowest BCUT2D eigenvalue weighted by Crippen LogP contribution is -2.40. The minimum atomic E-state index is -0.458. The Balaban J connectivity index is 2.52. The van der Waals surface area contributed by atoms with E-state index in [9.17, 15) is 4.79 Å². The number of amides is 1. The van der Waals surface area contributed by atoms with Gasteiger partial charge in [0.25, 0.3) is 0 Å². The molecule has 0 aromatic rings. The minimum absolute atomic E-state index is 0.261. The smallest absolute Gasteiger partial charge is 0.410 e. The zero-order valence-electron chi connectivity index (χ0n) is 12.8. The Kier molecular flexibility index (Phi) is 5.62. The van der Waals surface area contributed by atoms with E-state index >= 15 is 0 Å². The normalized spacial score (nSPS) is 23.7. The lowest BCUT2D eigenvalue weighted by atomic mass is 10.00. The van der Waals surface area contributed by atoms with Gasteiger partial charge in [-0.05, 0) is 40.5 Å². The van der Waals surface area contributed by atoms with Crippen LogP contribution < -0.4 is 0 Å². The molecule has 0 N–H and O–H groups in total. The van der Waals surface area contributed by atoms with Crippen LogP contribution in [0, 0.1) is 0 Å². The van der Waals surface area contributed by atoms with Crippen LogP contribution in [0.3, 0.4) is 0 Å². The van der Waals surface area contributed by atoms with Gasteiger partial charge in [0.1, 0.15) is 12.4 Å². The maximum atomic E-state index is 12.0. The van der Waals surface area contributed by atoms with E-state index in [1.165, 1.54) is 0 Å². The number of nitrogens with zero attached hydrogens (tertiary/aromatic N) is 1. The molecule has 1 atom stereocenters. The van der Waals surface area contributed by atoms with Gasteiger partial charge >= 0.3 is 6.09 Å². The van der Waals surface area contributed by atoms with Crippen molar-refractivity contribution in [1.29, 1.82) is 0 Å². The zero-order chi connectivity index (χ0) is 14.5. The van der Waals surface area contributed by atoms with E-state index < -0.39 is 5.60 Å². The van der Waals surface area contributed by atoms with Crippen LogP contribution in [0.15, 0.2) is 0 Å². The molecule has 0 radical (unpaired) electrons. The third-order valence-corrected chi connectivity index (χ3v) is 3.26. The van der Waals surface area contributed by atoms with Gasteiger partial charge in [-0.1, -0.05) is 6.92 Å². The van der Waals surface area contributed by atoms with Crippen molar-refractivity contribution >= 4 is 6.09 Å². The summed E-state index contributed by atoms with van der Waals surface area (Å²) in [5.74, 6) is 0. The molecule has 1 aliphatic heterocycles. The van der Waals surface area contributed by atoms with Crippen LogP contribution in [0.4, 0.5) is 4.79 Å². The molecule has 1 unspecified atom stereocenters. The first-order valence-electron chi connectivity index (χ1n) is 7.01. The molecule has 112 valence electrons. The molecule has 1 rings (SSSR count). The Morgan fingerprint density at radius 3 is 2.53 bits per heavy atom. The maximum Gasteiger partial charge on any atom is 0.410 e. The quantitative estimate of drug-likeness (QED) is 0.571. The van der Waals surface area contributed by atoms with Crippen molar-refractivity contribution in [3.63, 3.8) is 0 Å². The average Bonchev–Trinajstić information content (AvgIpc) is 2.73. The predicted molar refractivity (Wildman–Crippen MR) is 73.0 cm³/mol. The van der Waals surface area contributed by atoms with Crippen molar-refractivity contribution in [1.82, 2.24) is 4.90 Å². The number of hydrogen-bond donors (Lipinski definition) is 0. The molecule has 1 aliphatic rings. The van der Waals surface area contributed by atoms with Crippen LogP contribution in [0.1, 0.15) is 47.5 Å². The van der Waals surface area contributed by atoms with E-state index in [0.29, 0.717) is 19.7 Å². The van der Waals surface area contributed by atoms with Crippen molar-refractivity contribution < 1.29 is 19.0 Å². The number of hydrogen-bond acceptors (Lipinski definition) is 4. The van der Waals surface area contributed by atoms with E-state index in [1.807, 2.05) is 27.7 Å². The number of carbonyl (C=O) groups is 1. The highest BCUT2D eigenvalue weighted by molar-refractivity contribution is 5.68. The van der Waals surface area contributed by atoms with Gasteiger partial charge in [-0.3, -0.25) is 0 Å². The molecule has 1 heterocycles. The standard InChI is InChI=1S/C14H27NO4/c1-6-14(18-11-17-7-2)8-9-15(10-14)12(16)19-13(3,4)5/h6-11H2,1-5H3. The van der Waals surface area contributed by atoms with Gasteiger partial charge in [0.05, 0.1) is 12.1 Å². The number of carbonyl (C=O) groups excluding carboxylic acids is 1. The summed E-state index contributed by atoms with van der Waals surface area (Å²) in [6, 6.07) is 0. The summed E-state index contributed by atoms with van der Waals surface area (Å²) >= 11 is 0. The predicted octanol–water partition coefficient (Wildman–Crippen LogP) is 2.79. The van der Waals surface area contributed by atoms with Gasteiger partial charge in [0.15, 0.2) is 0 Å². The number of rotatable bonds is 5. The first-order valence-corrected chi connectivity index (χ1v) is 7.01. The summed E-state index contributed by atoms with van der Waals surface area (Å²) in [5.41, 5.74) is -0.743. The molecule has 0 bridgehead atoms. The second-order valence-corrected chi connectivity index (χ2v) is 5.94. The van der Waals surface area contributed by atoms with Gasteiger partial charge < -0.3 is 19.1 Å². The van der Waals surface area contributed by atoms with Gasteiger partial charge in [0.2, 0.25) is 0 Å². The maximum absolute atomic E-state index is 12.0. The summed E-state index contributed by atoms with van der Waals surface area (Å²) in [7, 11) is 0. The van der Waals surface area contributed by atoms with Crippen molar-refractivity contribution in [3.05, 3.63) is 0 Å². The molecule has 5 heteroatoms. The van der Waals surface area contributed by atoms with Gasteiger partial charge in [-0.15, -0.1) is 0 Å². The highest BCUT2D eigenvalue weighted by Crippen LogP contribution is 2.29. The third-order valence-electron chi connectivity index (χ3n) is 3.26. The Morgan fingerprint density at radius 2 is 2.00 bits per heavy atom. The molecule has 0 saturated carbocycles. The van der Waals surface area contributed by atoms with Crippen LogP contribution in [0.2, 0.25) is 0 Å². The number of likely N-dealkylation sites (tertiary alicyclic amines) is 1. The van der Waals surface area contributed by atoms with Crippen LogP contribution in [0.25, 0.3) is 0 Å². The monoisotopic (exact) mass is 273 g/mol. The minimum Gasteiger partial charge on any atom is -0.444 e. The highest BCUT2D eigenvalue weighted by Gasteiger charge is 2.41. The summed E-state index contributed by atoms with van der Waals surface area (Å²) in [6.45, 7) is 11.8. The molecule has 5 nitrogen and oxygen atoms in total. The molecule has 1 fully saturated rings. The Hall–Kier alpha value is -0.810. The lowest BCUT2D eigenvalue weighted by molar-refractivity contribution is -0.136. The van der Waals surface area contributed by atoms with Gasteiger partial charge in [-0.2, -0.15) is 0 Å². The zero-order valence-corrected chi connectivity index (χ0v) is 12.8. The van der Waals surface area contributed by atoms with Crippen molar-refractivity contribution in [2.45, 2.75) is 58.7 Å². The second-order valence-electron chi connectivity index (χ2n) is 5.94. The fraction of sp³-hybridized carbons (Fsp3) is 0.929. The van der Waals surface area contributed by atoms with E-state index in [1.54, 1.807) is 4.90 Å². The lowest BCUT2D eigenvalue weighted by Gasteiger charge is -2.29. The topological polar surface area (TPSA) is 48.0 Å². The van der Waals surface area contributed by atoms with Gasteiger partial charge in [0, 0.05) is 13.2 Å². The summed E-state index contributed by atoms with van der Waals surface area (Å²) < 4.78 is 16.4. The van der Waals surface area contributed by atoms with Crippen molar-refractivity contribution in [3.8, 4) is 0 Å². The summed E-state index contributed by atoms with van der Waals surface area (Å²) in [5, 5.41) is 0. The van der Waals surface area contributed by atoms with E-state index in [-0.39, 0.29) is 18.5 Å². The molecule has 1 amide bonds. The Labute approximate surface area is 116 Å². The molecule has 0 aromatic heterocycles. The molecule has 0 spiro atoms. The van der Waals surface area contributed by atoms with Crippen LogP contribution in [0.5, 0.6) is 0 Å². The van der Waals surface area contributed by atoms with Crippen LogP contribution in [-0.4, -0.2) is 48.7 Å². The van der Waals surface area contributed by atoms with Crippen LogP contribution >= 0.6 is 0 Å². The number of ether oxygens (including phenoxy) is 3. The molecule has 19 heavy (non-hydrogen) atoms. The first-order chi connectivity index (χ1) is 8.82. The SMILES string of the molecule is CCOCOC1(CC)CCN(C(=O)OC(C)(C)C)C1. The molecule has 0 aliphatic carbocycles. The molecular weight excluding hydrogens is 246 g/mol. The van der Waals surface area contributed by atoms with E-state index in [0.717, 1.165) is 12.8 Å². The highest BCUT2D eigenvalue weighted by atomic mass is 16.7. The largest absolute Gasteiger partial charge is 0.444 e. The molecular formula is C14H27NO4. The third kappa shape index (κ3) is 4.99. The van der Waals surface area contributed by atoms with Crippen molar-refractivity contribution in [2.75, 3.05) is 26.5 Å². The summed E-state index contributed by atoms with van der Waals surface area (Å²) in [6.07, 6.45) is 1.43. The fourth-order valence-corrected chi connectivity index (χ4v) is 2.09. The van der Waals surface area contributed by atoms with Crippen LogP contribution in [-0.2, 0) is 14.2 Å². The Morgan fingerprint density at radius 1 is 1.32 bits per heavy atom.